The first kappa shape index (κ1) is 14.9. The number of carbonyl (C=O) groups excluding carboxylic acids is 1. The van der Waals surface area contributed by atoms with E-state index in [1.54, 1.807) is 0 Å². The first-order valence-electron chi connectivity index (χ1n) is 6.18. The number of nitrogens with two attached hydrogens (primary N) is 1. The van der Waals surface area contributed by atoms with Gasteiger partial charge in [0.2, 0.25) is 5.91 Å². The number of hydrogen-bond donors (Lipinski definition) is 2. The van der Waals surface area contributed by atoms with Gasteiger partial charge in [-0.1, -0.05) is 13.8 Å². The minimum absolute atomic E-state index is 0.0793. The topological polar surface area (TPSA) is 55.1 Å². The van der Waals surface area contributed by atoms with Crippen LogP contribution in [0, 0.1) is 12.8 Å². The Balaban J connectivity index is 2.45. The third-order valence-electron chi connectivity index (χ3n) is 3.00. The maximum absolute atomic E-state index is 11.7. The Morgan fingerprint density at radius 2 is 2.06 bits per heavy atom. The van der Waals surface area contributed by atoms with E-state index in [1.165, 1.54) is 11.8 Å². The molecule has 0 bridgehead atoms. The second kappa shape index (κ2) is 6.69. The Morgan fingerprint density at radius 1 is 1.39 bits per heavy atom. The SMILES string of the molecule is Cc1cc(SCC(=O)NC(C)C(C)C)ccc1N. The average molecular weight is 266 g/mol. The molecule has 1 atom stereocenters. The van der Waals surface area contributed by atoms with Gasteiger partial charge in [-0.05, 0) is 43.5 Å². The minimum Gasteiger partial charge on any atom is -0.399 e. The maximum Gasteiger partial charge on any atom is 0.230 e. The Kier molecular flexibility index (Phi) is 5.54. The van der Waals surface area contributed by atoms with E-state index in [2.05, 4.69) is 19.2 Å². The van der Waals surface area contributed by atoms with Crippen LogP contribution in [-0.2, 0) is 4.79 Å². The molecule has 0 saturated carbocycles. The fourth-order valence-corrected chi connectivity index (χ4v) is 2.15. The van der Waals surface area contributed by atoms with Crippen molar-refractivity contribution in [1.29, 1.82) is 0 Å². The molecule has 0 saturated heterocycles. The molecule has 1 aromatic carbocycles. The van der Waals surface area contributed by atoms with Crippen LogP contribution in [-0.4, -0.2) is 17.7 Å². The molecule has 4 heteroatoms. The molecule has 1 unspecified atom stereocenters. The fraction of sp³-hybridized carbons (Fsp3) is 0.500. The van der Waals surface area contributed by atoms with Gasteiger partial charge in [0.25, 0.3) is 0 Å². The Hall–Kier alpha value is -1.16. The smallest absolute Gasteiger partial charge is 0.230 e. The number of nitrogen functional groups attached to an aromatic ring is 1. The van der Waals surface area contributed by atoms with Crippen LogP contribution < -0.4 is 11.1 Å². The summed E-state index contributed by atoms with van der Waals surface area (Å²) in [6.07, 6.45) is 0. The van der Waals surface area contributed by atoms with Gasteiger partial charge in [0.1, 0.15) is 0 Å². The van der Waals surface area contributed by atoms with E-state index in [0.29, 0.717) is 11.7 Å². The molecule has 18 heavy (non-hydrogen) atoms. The molecule has 0 aliphatic carbocycles. The first-order valence-corrected chi connectivity index (χ1v) is 7.17. The van der Waals surface area contributed by atoms with Crippen molar-refractivity contribution in [2.45, 2.75) is 38.6 Å². The predicted octanol–water partition coefficient (Wildman–Crippen LogP) is 2.83. The number of thioether (sulfide) groups is 1. The van der Waals surface area contributed by atoms with E-state index in [0.717, 1.165) is 16.1 Å². The summed E-state index contributed by atoms with van der Waals surface area (Å²) >= 11 is 1.54. The lowest BCUT2D eigenvalue weighted by Crippen LogP contribution is -2.37. The molecule has 1 rings (SSSR count). The second-order valence-corrected chi connectivity index (χ2v) is 5.96. The van der Waals surface area contributed by atoms with Gasteiger partial charge in [-0.2, -0.15) is 0 Å². The van der Waals surface area contributed by atoms with E-state index < -0.39 is 0 Å². The lowest BCUT2D eigenvalue weighted by Gasteiger charge is -2.17. The van der Waals surface area contributed by atoms with Crippen molar-refractivity contribution in [3.05, 3.63) is 23.8 Å². The van der Waals surface area contributed by atoms with Gasteiger partial charge < -0.3 is 11.1 Å². The quantitative estimate of drug-likeness (QED) is 0.636. The molecule has 0 aliphatic rings. The van der Waals surface area contributed by atoms with E-state index in [4.69, 9.17) is 5.73 Å². The molecule has 3 nitrogen and oxygen atoms in total. The van der Waals surface area contributed by atoms with Crippen molar-refractivity contribution in [3.63, 3.8) is 0 Å². The monoisotopic (exact) mass is 266 g/mol. The van der Waals surface area contributed by atoms with Crippen molar-refractivity contribution in [1.82, 2.24) is 5.32 Å². The van der Waals surface area contributed by atoms with Gasteiger partial charge >= 0.3 is 0 Å². The number of carbonyl (C=O) groups is 1. The van der Waals surface area contributed by atoms with Crippen LogP contribution in [0.1, 0.15) is 26.3 Å². The molecule has 0 spiro atoms. The molecule has 3 N–H and O–H groups in total. The van der Waals surface area contributed by atoms with Crippen molar-refractivity contribution >= 4 is 23.4 Å². The summed E-state index contributed by atoms with van der Waals surface area (Å²) in [5, 5.41) is 2.99. The number of anilines is 1. The number of aryl methyl sites for hydroxylation is 1. The van der Waals surface area contributed by atoms with Crippen LogP contribution in [0.4, 0.5) is 5.69 Å². The minimum atomic E-state index is 0.0793. The largest absolute Gasteiger partial charge is 0.399 e. The van der Waals surface area contributed by atoms with Gasteiger partial charge in [0.05, 0.1) is 5.75 Å². The average Bonchev–Trinajstić information content (AvgIpc) is 2.30. The highest BCUT2D eigenvalue weighted by molar-refractivity contribution is 8.00. The molecule has 0 heterocycles. The first-order chi connectivity index (χ1) is 8.40. The van der Waals surface area contributed by atoms with Gasteiger partial charge in [-0.3, -0.25) is 4.79 Å². The van der Waals surface area contributed by atoms with Gasteiger partial charge in [0.15, 0.2) is 0 Å². The van der Waals surface area contributed by atoms with Gasteiger partial charge in [0, 0.05) is 16.6 Å². The van der Waals surface area contributed by atoms with E-state index in [1.807, 2.05) is 32.0 Å². The molecular formula is C14H22N2OS. The third-order valence-corrected chi connectivity index (χ3v) is 3.99. The number of rotatable bonds is 5. The summed E-state index contributed by atoms with van der Waals surface area (Å²) in [6, 6.07) is 6.06. The van der Waals surface area contributed by atoms with Gasteiger partial charge in [-0.25, -0.2) is 0 Å². The molecule has 1 aromatic rings. The number of benzene rings is 1. The summed E-state index contributed by atoms with van der Waals surface area (Å²) in [5.41, 5.74) is 7.60. The predicted molar refractivity (Wildman–Crippen MR) is 78.8 cm³/mol. The molecular weight excluding hydrogens is 244 g/mol. The highest BCUT2D eigenvalue weighted by atomic mass is 32.2. The van der Waals surface area contributed by atoms with Crippen molar-refractivity contribution in [2.24, 2.45) is 5.92 Å². The lowest BCUT2D eigenvalue weighted by molar-refractivity contribution is -0.119. The molecule has 1 amide bonds. The zero-order chi connectivity index (χ0) is 13.7. The van der Waals surface area contributed by atoms with E-state index in [9.17, 15) is 4.79 Å². The maximum atomic E-state index is 11.7. The molecule has 0 radical (unpaired) electrons. The van der Waals surface area contributed by atoms with Gasteiger partial charge in [-0.15, -0.1) is 11.8 Å². The molecule has 100 valence electrons. The molecule has 0 fully saturated rings. The highest BCUT2D eigenvalue weighted by Crippen LogP contribution is 2.22. The number of hydrogen-bond acceptors (Lipinski definition) is 3. The van der Waals surface area contributed by atoms with Crippen LogP contribution in [0.3, 0.4) is 0 Å². The van der Waals surface area contributed by atoms with Crippen molar-refractivity contribution < 1.29 is 4.79 Å². The summed E-state index contributed by atoms with van der Waals surface area (Å²) in [4.78, 5) is 12.8. The van der Waals surface area contributed by atoms with E-state index in [-0.39, 0.29) is 11.9 Å². The zero-order valence-electron chi connectivity index (χ0n) is 11.5. The summed E-state index contributed by atoms with van der Waals surface area (Å²) in [5.74, 6) is 0.980. The van der Waals surface area contributed by atoms with Crippen LogP contribution in [0.2, 0.25) is 0 Å². The zero-order valence-corrected chi connectivity index (χ0v) is 12.3. The Bertz CT molecular complexity index is 418. The normalized spacial score (nSPS) is 12.5. The van der Waals surface area contributed by atoms with Crippen LogP contribution in [0.25, 0.3) is 0 Å². The van der Waals surface area contributed by atoms with E-state index >= 15 is 0 Å². The van der Waals surface area contributed by atoms with Crippen molar-refractivity contribution in [2.75, 3.05) is 11.5 Å². The lowest BCUT2D eigenvalue weighted by atomic mass is 10.1. The number of nitrogens with one attached hydrogen (secondary N) is 1. The highest BCUT2D eigenvalue weighted by Gasteiger charge is 2.10. The number of amides is 1. The summed E-state index contributed by atoms with van der Waals surface area (Å²) < 4.78 is 0. The summed E-state index contributed by atoms with van der Waals surface area (Å²) in [7, 11) is 0. The van der Waals surface area contributed by atoms with Crippen LogP contribution in [0.15, 0.2) is 23.1 Å². The molecule has 0 aliphatic heterocycles. The fourth-order valence-electron chi connectivity index (χ4n) is 1.35. The van der Waals surface area contributed by atoms with Crippen LogP contribution >= 0.6 is 11.8 Å². The molecule has 0 aromatic heterocycles. The Morgan fingerprint density at radius 3 is 2.61 bits per heavy atom. The van der Waals surface area contributed by atoms with Crippen LogP contribution in [0.5, 0.6) is 0 Å². The Labute approximate surface area is 114 Å². The second-order valence-electron chi connectivity index (χ2n) is 4.91. The summed E-state index contributed by atoms with van der Waals surface area (Å²) in [6.45, 7) is 8.20. The third kappa shape index (κ3) is 4.61. The van der Waals surface area contributed by atoms with Crippen molar-refractivity contribution in [3.8, 4) is 0 Å². The standard InChI is InChI=1S/C14H22N2OS/c1-9(2)11(4)16-14(17)8-18-12-5-6-13(15)10(3)7-12/h5-7,9,11H,8,15H2,1-4H3,(H,16,17).